The summed E-state index contributed by atoms with van der Waals surface area (Å²) in [4.78, 5) is 0. The monoisotopic (exact) mass is 344 g/mol. The molecule has 0 saturated carbocycles. The molecular weight excluding hydrogens is 316 g/mol. The lowest BCUT2D eigenvalue weighted by Gasteiger charge is -2.38. The van der Waals surface area contributed by atoms with Crippen LogP contribution in [0.3, 0.4) is 0 Å². The lowest BCUT2D eigenvalue weighted by atomic mass is 9.68. The Morgan fingerprint density at radius 1 is 0.560 bits per heavy atom. The molecule has 0 heterocycles. The van der Waals surface area contributed by atoms with E-state index < -0.39 is 8.07 Å². The lowest BCUT2D eigenvalue weighted by Crippen LogP contribution is -2.33. The minimum Gasteiger partial charge on any atom is -0.0695 e. The third-order valence-electron chi connectivity index (χ3n) is 5.05. The Hall–Kier alpha value is -2.12. The molecule has 1 heteroatoms. The van der Waals surface area contributed by atoms with Crippen LogP contribution in [0.5, 0.6) is 0 Å². The minimum atomic E-state index is -1.17. The summed E-state index contributed by atoms with van der Waals surface area (Å²) in [6.45, 7) is 7.41. The fourth-order valence-electron chi connectivity index (χ4n) is 3.66. The smallest absolute Gasteiger partial charge is 0.0448 e. The van der Waals surface area contributed by atoms with Gasteiger partial charge in [-0.3, -0.25) is 0 Å². The molecule has 0 amide bonds. The maximum atomic E-state index is 2.47. The highest BCUT2D eigenvalue weighted by atomic mass is 28.3. The molecule has 0 aromatic heterocycles. The van der Waals surface area contributed by atoms with Crippen molar-refractivity contribution < 1.29 is 0 Å². The summed E-state index contributed by atoms with van der Waals surface area (Å²) in [5.41, 5.74) is 4.10. The van der Waals surface area contributed by atoms with Gasteiger partial charge in [0.05, 0.1) is 0 Å². The quantitative estimate of drug-likeness (QED) is 0.343. The summed E-state index contributed by atoms with van der Waals surface area (Å²) < 4.78 is 0. The average molecular weight is 345 g/mol. The van der Waals surface area contributed by atoms with Gasteiger partial charge in [0.15, 0.2) is 0 Å². The lowest BCUT2D eigenvalue weighted by molar-refractivity contribution is 0.589. The highest BCUT2D eigenvalue weighted by Crippen LogP contribution is 2.44. The molecule has 0 fully saturated rings. The summed E-state index contributed by atoms with van der Waals surface area (Å²) in [5, 5.41) is 0. The van der Waals surface area contributed by atoms with Crippen molar-refractivity contribution in [1.82, 2.24) is 0 Å². The number of hydrogen-bond donors (Lipinski definition) is 0. The zero-order valence-electron chi connectivity index (χ0n) is 15.6. The SMILES string of the molecule is C[Si](C)(C)CCC(c1ccccc1)(c1ccccc1)c1ccccc1. The first kappa shape index (κ1) is 17.7. The summed E-state index contributed by atoms with van der Waals surface area (Å²) in [6, 6.07) is 34.4. The Balaban J connectivity index is 2.24. The molecule has 0 nitrogen and oxygen atoms in total. The van der Waals surface area contributed by atoms with E-state index in [4.69, 9.17) is 0 Å². The third-order valence-corrected chi connectivity index (χ3v) is 6.80. The summed E-state index contributed by atoms with van der Waals surface area (Å²) in [7, 11) is -1.17. The first-order valence-electron chi connectivity index (χ1n) is 9.19. The van der Waals surface area contributed by atoms with Crippen LogP contribution < -0.4 is 0 Å². The summed E-state index contributed by atoms with van der Waals surface area (Å²) in [5.74, 6) is 0. The van der Waals surface area contributed by atoms with Crippen molar-refractivity contribution >= 4 is 8.07 Å². The van der Waals surface area contributed by atoms with Crippen LogP contribution in [0.1, 0.15) is 23.1 Å². The van der Waals surface area contributed by atoms with Crippen molar-refractivity contribution in [2.45, 2.75) is 37.5 Å². The Morgan fingerprint density at radius 3 is 1.16 bits per heavy atom. The second-order valence-electron chi connectivity index (χ2n) is 8.06. The predicted molar refractivity (Wildman–Crippen MR) is 112 cm³/mol. The Kier molecular flexibility index (Phi) is 5.24. The van der Waals surface area contributed by atoms with Gasteiger partial charge >= 0.3 is 0 Å². The summed E-state index contributed by atoms with van der Waals surface area (Å²) in [6.07, 6.45) is 1.15. The van der Waals surface area contributed by atoms with Crippen molar-refractivity contribution in [3.8, 4) is 0 Å². The van der Waals surface area contributed by atoms with Gasteiger partial charge in [-0.25, -0.2) is 0 Å². The van der Waals surface area contributed by atoms with E-state index in [1.54, 1.807) is 0 Å². The molecule has 3 rings (SSSR count). The van der Waals surface area contributed by atoms with Crippen LogP contribution in [-0.2, 0) is 5.41 Å². The molecule has 3 aromatic rings. The van der Waals surface area contributed by atoms with Crippen molar-refractivity contribution in [3.63, 3.8) is 0 Å². The normalized spacial score (nSPS) is 12.1. The topological polar surface area (TPSA) is 0 Å². The van der Waals surface area contributed by atoms with Crippen LogP contribution >= 0.6 is 0 Å². The van der Waals surface area contributed by atoms with Crippen molar-refractivity contribution in [1.29, 1.82) is 0 Å². The highest BCUT2D eigenvalue weighted by Gasteiger charge is 2.37. The number of benzene rings is 3. The van der Waals surface area contributed by atoms with E-state index in [0.29, 0.717) is 0 Å². The molecule has 128 valence electrons. The molecule has 0 radical (unpaired) electrons. The second kappa shape index (κ2) is 7.41. The molecule has 3 aromatic carbocycles. The van der Waals surface area contributed by atoms with E-state index in [9.17, 15) is 0 Å². The molecular formula is C24H28Si. The maximum absolute atomic E-state index is 2.47. The molecule has 0 spiro atoms. The number of rotatable bonds is 6. The van der Waals surface area contributed by atoms with Gasteiger partial charge < -0.3 is 0 Å². The van der Waals surface area contributed by atoms with Gasteiger partial charge in [-0.1, -0.05) is 117 Å². The molecule has 0 atom stereocenters. The molecule has 0 saturated heterocycles. The van der Waals surface area contributed by atoms with Gasteiger partial charge in [0, 0.05) is 13.5 Å². The Labute approximate surface area is 153 Å². The zero-order valence-corrected chi connectivity index (χ0v) is 16.6. The van der Waals surface area contributed by atoms with Gasteiger partial charge in [-0.15, -0.1) is 0 Å². The maximum Gasteiger partial charge on any atom is 0.0448 e. The largest absolute Gasteiger partial charge is 0.0695 e. The van der Waals surface area contributed by atoms with E-state index in [1.807, 2.05) is 0 Å². The van der Waals surface area contributed by atoms with E-state index in [1.165, 1.54) is 22.7 Å². The molecule has 0 N–H and O–H groups in total. The Morgan fingerprint density at radius 2 is 0.880 bits per heavy atom. The molecule has 0 aliphatic carbocycles. The van der Waals surface area contributed by atoms with Gasteiger partial charge in [0.2, 0.25) is 0 Å². The van der Waals surface area contributed by atoms with Gasteiger partial charge in [-0.2, -0.15) is 0 Å². The van der Waals surface area contributed by atoms with Gasteiger partial charge in [0.1, 0.15) is 0 Å². The van der Waals surface area contributed by atoms with Gasteiger partial charge in [0.25, 0.3) is 0 Å². The first-order chi connectivity index (χ1) is 12.0. The van der Waals surface area contributed by atoms with E-state index in [2.05, 4.69) is 111 Å². The van der Waals surface area contributed by atoms with Crippen LogP contribution in [0.25, 0.3) is 0 Å². The Bertz CT molecular complexity index is 674. The fourth-order valence-corrected chi connectivity index (χ4v) is 4.79. The van der Waals surface area contributed by atoms with Crippen LogP contribution in [0.4, 0.5) is 0 Å². The molecule has 0 bridgehead atoms. The van der Waals surface area contributed by atoms with Crippen LogP contribution in [-0.4, -0.2) is 8.07 Å². The van der Waals surface area contributed by atoms with Crippen molar-refractivity contribution in [2.75, 3.05) is 0 Å². The van der Waals surface area contributed by atoms with Gasteiger partial charge in [-0.05, 0) is 23.1 Å². The number of hydrogen-bond acceptors (Lipinski definition) is 0. The van der Waals surface area contributed by atoms with E-state index >= 15 is 0 Å². The molecule has 25 heavy (non-hydrogen) atoms. The predicted octanol–water partition coefficient (Wildman–Crippen LogP) is 6.75. The second-order valence-corrected chi connectivity index (χ2v) is 13.7. The average Bonchev–Trinajstić information content (AvgIpc) is 2.64. The fraction of sp³-hybridized carbons (Fsp3) is 0.250. The van der Waals surface area contributed by atoms with E-state index in [-0.39, 0.29) is 5.41 Å². The van der Waals surface area contributed by atoms with E-state index in [0.717, 1.165) is 6.42 Å². The minimum absolute atomic E-state index is 0.0793. The van der Waals surface area contributed by atoms with Crippen molar-refractivity contribution in [2.24, 2.45) is 0 Å². The van der Waals surface area contributed by atoms with Crippen molar-refractivity contribution in [3.05, 3.63) is 108 Å². The third kappa shape index (κ3) is 3.93. The summed E-state index contributed by atoms with van der Waals surface area (Å²) >= 11 is 0. The molecule has 0 aliphatic heterocycles. The highest BCUT2D eigenvalue weighted by molar-refractivity contribution is 6.76. The zero-order chi connectivity index (χ0) is 17.8. The van der Waals surface area contributed by atoms with Crippen LogP contribution in [0, 0.1) is 0 Å². The first-order valence-corrected chi connectivity index (χ1v) is 12.9. The molecule has 0 aliphatic rings. The molecule has 0 unspecified atom stereocenters. The van der Waals surface area contributed by atoms with Crippen LogP contribution in [0.15, 0.2) is 91.0 Å². The standard InChI is InChI=1S/C24H28Si/c1-25(2,3)20-19-24(21-13-7-4-8-14-21,22-15-9-5-10-16-22)23-17-11-6-12-18-23/h4-18H,19-20H2,1-3H3. The van der Waals surface area contributed by atoms with Crippen LogP contribution in [0.2, 0.25) is 25.7 Å².